The maximum Gasteiger partial charge on any atom is 0.211 e. The Morgan fingerprint density at radius 3 is 2.78 bits per heavy atom. The van der Waals surface area contributed by atoms with Gasteiger partial charge in [0.05, 0.1) is 11.8 Å². The number of ether oxygens (including phenoxy) is 1. The lowest BCUT2D eigenvalue weighted by Crippen LogP contribution is -2.36. The van der Waals surface area contributed by atoms with Gasteiger partial charge in [0.1, 0.15) is 0 Å². The third-order valence-corrected chi connectivity index (χ3v) is 5.27. The third-order valence-electron chi connectivity index (χ3n) is 2.32. The Kier molecular flexibility index (Phi) is 5.91. The minimum atomic E-state index is -0.830. The normalized spacial score (nSPS) is 12.5. The number of thiol groups is 1. The summed E-state index contributed by atoms with van der Waals surface area (Å²) in [6, 6.07) is 2.05. The zero-order valence-electron chi connectivity index (χ0n) is 11.2. The van der Waals surface area contributed by atoms with Crippen LogP contribution < -0.4 is 0 Å². The first-order chi connectivity index (χ1) is 8.46. The van der Waals surface area contributed by atoms with Gasteiger partial charge in [-0.1, -0.05) is 6.08 Å². The number of aromatic nitrogens is 1. The molecule has 1 N–H and O–H groups in total. The summed E-state index contributed by atoms with van der Waals surface area (Å²) in [4.78, 5) is 0. The summed E-state index contributed by atoms with van der Waals surface area (Å²) in [5, 5.41) is 7.81. The van der Waals surface area contributed by atoms with Crippen molar-refractivity contribution in [3.63, 3.8) is 0 Å². The maximum atomic E-state index is 6.97. The lowest BCUT2D eigenvalue weighted by Gasteiger charge is -2.23. The van der Waals surface area contributed by atoms with Gasteiger partial charge >= 0.3 is 0 Å². The van der Waals surface area contributed by atoms with Crippen LogP contribution in [0.3, 0.4) is 0 Å². The van der Waals surface area contributed by atoms with Crippen molar-refractivity contribution in [2.24, 2.45) is 0 Å². The highest BCUT2D eigenvalue weighted by Crippen LogP contribution is 2.10. The number of nitrogens with one attached hydrogen (secondary N) is 1. The van der Waals surface area contributed by atoms with Crippen LogP contribution in [0.2, 0.25) is 0 Å². The first-order valence-corrected chi connectivity index (χ1v) is 8.40. The smallest absolute Gasteiger partial charge is 0.211 e. The van der Waals surface area contributed by atoms with E-state index in [2.05, 4.69) is 50.0 Å². The minimum Gasteiger partial charge on any atom is -0.377 e. The predicted molar refractivity (Wildman–Crippen MR) is 83.0 cm³/mol. The van der Waals surface area contributed by atoms with Gasteiger partial charge < -0.3 is 14.4 Å². The summed E-state index contributed by atoms with van der Waals surface area (Å²) in [5.74, 6) is 0. The Morgan fingerprint density at radius 1 is 1.50 bits per heavy atom. The van der Waals surface area contributed by atoms with Gasteiger partial charge in [-0.25, -0.2) is 0 Å². The SMILES string of the molecule is CC(C)(C)OC[Si](CS)n1ccc(/C=C\C=N)c1. The molecule has 5 heteroatoms. The molecule has 0 amide bonds. The fourth-order valence-corrected chi connectivity index (χ4v) is 3.75. The van der Waals surface area contributed by atoms with Crippen molar-refractivity contribution in [2.45, 2.75) is 26.4 Å². The first-order valence-electron chi connectivity index (χ1n) is 5.91. The van der Waals surface area contributed by atoms with E-state index in [0.717, 1.165) is 17.2 Å². The van der Waals surface area contributed by atoms with Crippen molar-refractivity contribution >= 4 is 33.9 Å². The van der Waals surface area contributed by atoms with Gasteiger partial charge in [0.25, 0.3) is 0 Å². The molecule has 1 radical (unpaired) electrons. The van der Waals surface area contributed by atoms with Crippen molar-refractivity contribution in [1.82, 2.24) is 4.23 Å². The second-order valence-corrected chi connectivity index (χ2v) is 8.21. The highest BCUT2D eigenvalue weighted by Gasteiger charge is 2.18. The van der Waals surface area contributed by atoms with Crippen molar-refractivity contribution in [3.8, 4) is 0 Å². The number of allylic oxidation sites excluding steroid dienone is 1. The highest BCUT2D eigenvalue weighted by atomic mass is 32.1. The van der Waals surface area contributed by atoms with E-state index in [1.54, 1.807) is 6.08 Å². The number of hydrogen-bond donors (Lipinski definition) is 2. The molecule has 0 aliphatic rings. The third kappa shape index (κ3) is 5.24. The van der Waals surface area contributed by atoms with E-state index < -0.39 is 8.96 Å². The molecule has 1 aromatic rings. The molecule has 0 aromatic carbocycles. The van der Waals surface area contributed by atoms with Crippen LogP contribution >= 0.6 is 12.6 Å². The van der Waals surface area contributed by atoms with Crippen LogP contribution in [0.4, 0.5) is 0 Å². The van der Waals surface area contributed by atoms with Gasteiger partial charge in [0, 0.05) is 17.8 Å². The van der Waals surface area contributed by atoms with Crippen molar-refractivity contribution in [2.75, 3.05) is 11.6 Å². The van der Waals surface area contributed by atoms with Gasteiger partial charge in [-0.3, -0.25) is 0 Å². The molecular formula is C13H21N2OSSi. The summed E-state index contributed by atoms with van der Waals surface area (Å²) >= 11 is 4.43. The van der Waals surface area contributed by atoms with Gasteiger partial charge in [-0.2, -0.15) is 12.6 Å². The summed E-state index contributed by atoms with van der Waals surface area (Å²) in [7, 11) is -0.830. The largest absolute Gasteiger partial charge is 0.377 e. The molecule has 0 bridgehead atoms. The molecule has 1 aromatic heterocycles. The van der Waals surface area contributed by atoms with Crippen molar-refractivity contribution in [3.05, 3.63) is 30.1 Å². The highest BCUT2D eigenvalue weighted by molar-refractivity contribution is 7.82. The summed E-state index contributed by atoms with van der Waals surface area (Å²) in [5.41, 5.74) is 1.01. The van der Waals surface area contributed by atoms with Crippen LogP contribution in [-0.4, -0.2) is 36.6 Å². The predicted octanol–water partition coefficient (Wildman–Crippen LogP) is 2.81. The lowest BCUT2D eigenvalue weighted by atomic mass is 10.2. The maximum absolute atomic E-state index is 6.97. The molecule has 0 saturated carbocycles. The van der Waals surface area contributed by atoms with Gasteiger partial charge in [-0.15, -0.1) is 0 Å². The molecule has 0 unspecified atom stereocenters. The zero-order valence-corrected chi connectivity index (χ0v) is 13.1. The van der Waals surface area contributed by atoms with E-state index in [-0.39, 0.29) is 5.60 Å². The van der Waals surface area contributed by atoms with E-state index in [9.17, 15) is 0 Å². The molecule has 0 aliphatic carbocycles. The summed E-state index contributed by atoms with van der Waals surface area (Å²) in [6.07, 6.45) is 9.84. The first kappa shape index (κ1) is 15.3. The van der Waals surface area contributed by atoms with E-state index in [4.69, 9.17) is 10.1 Å². The molecule has 0 aliphatic heterocycles. The molecule has 0 spiro atoms. The van der Waals surface area contributed by atoms with Gasteiger partial charge in [0.2, 0.25) is 8.96 Å². The van der Waals surface area contributed by atoms with Crippen LogP contribution in [0.1, 0.15) is 26.3 Å². The van der Waals surface area contributed by atoms with E-state index in [1.807, 2.05) is 12.1 Å². The number of hydrogen-bond acceptors (Lipinski definition) is 3. The van der Waals surface area contributed by atoms with E-state index in [1.165, 1.54) is 6.21 Å². The summed E-state index contributed by atoms with van der Waals surface area (Å²) in [6.45, 7) is 6.21. The van der Waals surface area contributed by atoms with Crippen LogP contribution in [0.5, 0.6) is 0 Å². The zero-order chi connectivity index (χ0) is 13.6. The van der Waals surface area contributed by atoms with E-state index in [0.29, 0.717) is 0 Å². The standard InChI is InChI=1S/C13H21N2OSSi/c1-13(2,3)16-10-18(11-17)15-8-6-12(9-15)5-4-7-14/h4-9,14,17H,10-11H2,1-3H3/b5-4-,14-7?. The summed E-state index contributed by atoms with van der Waals surface area (Å²) < 4.78 is 8.06. The van der Waals surface area contributed by atoms with Gasteiger partial charge in [0.15, 0.2) is 0 Å². The Morgan fingerprint density at radius 2 is 2.22 bits per heavy atom. The van der Waals surface area contributed by atoms with Crippen molar-refractivity contribution < 1.29 is 4.74 Å². The number of nitrogens with zero attached hydrogens (tertiary/aromatic N) is 1. The van der Waals surface area contributed by atoms with Crippen LogP contribution in [0.25, 0.3) is 6.08 Å². The van der Waals surface area contributed by atoms with Crippen LogP contribution in [0.15, 0.2) is 24.5 Å². The average molecular weight is 281 g/mol. The van der Waals surface area contributed by atoms with Crippen LogP contribution in [0, 0.1) is 5.41 Å². The molecule has 1 heterocycles. The molecule has 0 fully saturated rings. The average Bonchev–Trinajstić information content (AvgIpc) is 2.74. The number of rotatable bonds is 6. The Balaban J connectivity index is 2.67. The quantitative estimate of drug-likeness (QED) is 0.470. The molecule has 99 valence electrons. The second-order valence-electron chi connectivity index (χ2n) is 5.00. The van der Waals surface area contributed by atoms with Crippen molar-refractivity contribution in [1.29, 1.82) is 5.41 Å². The fourth-order valence-electron chi connectivity index (χ4n) is 1.37. The molecule has 0 atom stereocenters. The van der Waals surface area contributed by atoms with E-state index >= 15 is 0 Å². The minimum absolute atomic E-state index is 0.102. The lowest BCUT2D eigenvalue weighted by molar-refractivity contribution is 0.0230. The fraction of sp³-hybridized carbons (Fsp3) is 0.462. The molecule has 0 saturated heterocycles. The Labute approximate surface area is 116 Å². The van der Waals surface area contributed by atoms with Gasteiger partial charge in [-0.05, 0) is 44.7 Å². The molecular weight excluding hydrogens is 260 g/mol. The van der Waals surface area contributed by atoms with Crippen LogP contribution in [-0.2, 0) is 4.74 Å². The molecule has 18 heavy (non-hydrogen) atoms. The Hall–Kier alpha value is -0.783. The topological polar surface area (TPSA) is 38.0 Å². The second kappa shape index (κ2) is 6.97. The molecule has 3 nitrogen and oxygen atoms in total. The monoisotopic (exact) mass is 281 g/mol. The molecule has 1 rings (SSSR count). The Bertz CT molecular complexity index is 409.